The van der Waals surface area contributed by atoms with Gasteiger partial charge < -0.3 is 15.6 Å². The summed E-state index contributed by atoms with van der Waals surface area (Å²) in [5.74, 6) is 1.81. The van der Waals surface area contributed by atoms with Crippen LogP contribution in [0.25, 0.3) is 0 Å². The number of fused-ring (bicyclic) bond motifs is 1. The molecule has 24 heavy (non-hydrogen) atoms. The second kappa shape index (κ2) is 7.68. The number of ether oxygens (including phenoxy) is 1. The monoisotopic (exact) mass is 343 g/mol. The molecule has 0 bridgehead atoms. The lowest BCUT2D eigenvalue weighted by atomic mass is 10.2. The highest BCUT2D eigenvalue weighted by Gasteiger charge is 2.08. The van der Waals surface area contributed by atoms with E-state index in [1.165, 1.54) is 5.56 Å². The number of aliphatic hydroxyl groups excluding tert-OH is 1. The Balaban J connectivity index is 1.62. The Labute approximate surface area is 145 Å². The Kier molecular flexibility index (Phi) is 5.37. The number of nitrogens with zero attached hydrogens (tertiary/aromatic N) is 2. The minimum atomic E-state index is 0.137. The first kappa shape index (κ1) is 16.8. The predicted molar refractivity (Wildman–Crippen MR) is 95.8 cm³/mol. The standard InChI is InChI=1S/C18H21N3O2S/c1-12(8-22)9-23-14-4-2-13(3-5-14)10-24-16-7-6-15(19)17-18(16)21-11-20-17/h2-7,12,22H,8-11,19H2,1H3. The van der Waals surface area contributed by atoms with Crippen LogP contribution in [0.15, 0.2) is 51.3 Å². The Hall–Kier alpha value is -2.05. The van der Waals surface area contributed by atoms with Crippen molar-refractivity contribution in [3.8, 4) is 5.75 Å². The molecule has 1 aliphatic rings. The van der Waals surface area contributed by atoms with Crippen molar-refractivity contribution in [1.29, 1.82) is 0 Å². The zero-order valence-corrected chi connectivity index (χ0v) is 14.4. The summed E-state index contributed by atoms with van der Waals surface area (Å²) >= 11 is 1.73. The second-order valence-electron chi connectivity index (χ2n) is 5.84. The highest BCUT2D eigenvalue weighted by Crippen LogP contribution is 2.22. The molecule has 3 N–H and O–H groups in total. The number of rotatable bonds is 7. The number of nitrogens with two attached hydrogens (primary N) is 1. The van der Waals surface area contributed by atoms with Crippen LogP contribution in [0.1, 0.15) is 12.5 Å². The molecule has 3 rings (SSSR count). The predicted octanol–water partition coefficient (Wildman–Crippen LogP) is 1.78. The second-order valence-corrected chi connectivity index (χ2v) is 6.86. The van der Waals surface area contributed by atoms with Crippen molar-refractivity contribution in [2.24, 2.45) is 15.9 Å². The van der Waals surface area contributed by atoms with E-state index in [1.807, 2.05) is 31.2 Å². The SMILES string of the molecule is CC(CO)COc1ccc(CSc2ccc(N)c3c2=NCN=3)cc1. The smallest absolute Gasteiger partial charge is 0.131 e. The molecule has 1 unspecified atom stereocenters. The van der Waals surface area contributed by atoms with E-state index in [2.05, 4.69) is 22.1 Å². The van der Waals surface area contributed by atoms with Crippen LogP contribution >= 0.6 is 11.8 Å². The average molecular weight is 343 g/mol. The number of aliphatic hydroxyl groups is 1. The number of thioether (sulfide) groups is 1. The van der Waals surface area contributed by atoms with Crippen molar-refractivity contribution >= 4 is 17.4 Å². The molecule has 2 aromatic rings. The molecule has 2 aromatic carbocycles. The van der Waals surface area contributed by atoms with Gasteiger partial charge in [0.15, 0.2) is 0 Å². The van der Waals surface area contributed by atoms with Crippen LogP contribution in [0.5, 0.6) is 5.75 Å². The van der Waals surface area contributed by atoms with Crippen molar-refractivity contribution in [2.75, 3.05) is 25.6 Å². The number of nitrogen functional groups attached to an aromatic ring is 1. The van der Waals surface area contributed by atoms with Crippen molar-refractivity contribution in [3.05, 3.63) is 52.7 Å². The van der Waals surface area contributed by atoms with Crippen molar-refractivity contribution in [1.82, 2.24) is 0 Å². The lowest BCUT2D eigenvalue weighted by Crippen LogP contribution is -2.27. The Bertz CT molecular complexity index is 821. The van der Waals surface area contributed by atoms with Crippen molar-refractivity contribution in [3.63, 3.8) is 0 Å². The van der Waals surface area contributed by atoms with E-state index in [9.17, 15) is 0 Å². The molecule has 126 valence electrons. The van der Waals surface area contributed by atoms with Gasteiger partial charge in [0.2, 0.25) is 0 Å². The number of hydrogen-bond acceptors (Lipinski definition) is 6. The minimum absolute atomic E-state index is 0.137. The van der Waals surface area contributed by atoms with Gasteiger partial charge >= 0.3 is 0 Å². The zero-order chi connectivity index (χ0) is 16.9. The average Bonchev–Trinajstić information content (AvgIpc) is 3.11. The third-order valence-electron chi connectivity index (χ3n) is 3.77. The summed E-state index contributed by atoms with van der Waals surface area (Å²) in [4.78, 5) is 9.86. The van der Waals surface area contributed by atoms with Gasteiger partial charge in [-0.05, 0) is 29.8 Å². The maximum absolute atomic E-state index is 9.01. The molecule has 6 heteroatoms. The topological polar surface area (TPSA) is 80.2 Å². The van der Waals surface area contributed by atoms with E-state index >= 15 is 0 Å². The van der Waals surface area contributed by atoms with E-state index in [-0.39, 0.29) is 12.5 Å². The zero-order valence-electron chi connectivity index (χ0n) is 13.6. The summed E-state index contributed by atoms with van der Waals surface area (Å²) in [7, 11) is 0. The third kappa shape index (κ3) is 3.88. The molecule has 0 fully saturated rings. The summed E-state index contributed by atoms with van der Waals surface area (Å²) in [5, 5.41) is 10.7. The summed E-state index contributed by atoms with van der Waals surface area (Å²) in [6, 6.07) is 12.0. The quantitative estimate of drug-likeness (QED) is 0.593. The van der Waals surface area contributed by atoms with E-state index in [4.69, 9.17) is 15.6 Å². The van der Waals surface area contributed by atoms with Crippen LogP contribution in [0.2, 0.25) is 0 Å². The molecular weight excluding hydrogens is 322 g/mol. The van der Waals surface area contributed by atoms with Crippen LogP contribution in [0.3, 0.4) is 0 Å². The number of anilines is 1. The fourth-order valence-corrected chi connectivity index (χ4v) is 3.30. The van der Waals surface area contributed by atoms with E-state index < -0.39 is 0 Å². The van der Waals surface area contributed by atoms with E-state index in [0.717, 1.165) is 27.1 Å². The minimum Gasteiger partial charge on any atom is -0.493 e. The largest absolute Gasteiger partial charge is 0.493 e. The lowest BCUT2D eigenvalue weighted by Gasteiger charge is -2.11. The summed E-state index contributed by atoms with van der Waals surface area (Å²) in [6.07, 6.45) is 0. The van der Waals surface area contributed by atoms with Gasteiger partial charge in [-0.15, -0.1) is 11.8 Å². The van der Waals surface area contributed by atoms with Crippen LogP contribution in [-0.2, 0) is 5.75 Å². The molecule has 1 atom stereocenters. The maximum Gasteiger partial charge on any atom is 0.131 e. The molecule has 5 nitrogen and oxygen atoms in total. The van der Waals surface area contributed by atoms with Gasteiger partial charge in [0.05, 0.1) is 12.3 Å². The van der Waals surface area contributed by atoms with Crippen LogP contribution < -0.4 is 21.2 Å². The molecule has 0 aromatic heterocycles. The molecule has 1 heterocycles. The molecule has 1 aliphatic heterocycles. The van der Waals surface area contributed by atoms with E-state index in [1.54, 1.807) is 11.8 Å². The van der Waals surface area contributed by atoms with Crippen LogP contribution in [-0.4, -0.2) is 25.0 Å². The highest BCUT2D eigenvalue weighted by atomic mass is 32.2. The fourth-order valence-electron chi connectivity index (χ4n) is 2.32. The summed E-state index contributed by atoms with van der Waals surface area (Å²) in [5.41, 5.74) is 7.83. The Morgan fingerprint density at radius 3 is 2.67 bits per heavy atom. The fraction of sp³-hybridized carbons (Fsp3) is 0.333. The Morgan fingerprint density at radius 2 is 1.92 bits per heavy atom. The van der Waals surface area contributed by atoms with Gasteiger partial charge in [-0.1, -0.05) is 19.1 Å². The van der Waals surface area contributed by atoms with Crippen molar-refractivity contribution < 1.29 is 9.84 Å². The first-order chi connectivity index (χ1) is 11.7. The normalized spacial score (nSPS) is 13.8. The molecule has 0 radical (unpaired) electrons. The van der Waals surface area contributed by atoms with E-state index in [0.29, 0.717) is 19.0 Å². The molecule has 0 spiro atoms. The highest BCUT2D eigenvalue weighted by molar-refractivity contribution is 7.98. The molecular formula is C18H21N3O2S. The molecule has 0 amide bonds. The third-order valence-corrected chi connectivity index (χ3v) is 4.89. The first-order valence-electron chi connectivity index (χ1n) is 7.90. The lowest BCUT2D eigenvalue weighted by molar-refractivity contribution is 0.174. The summed E-state index contributed by atoms with van der Waals surface area (Å²) in [6.45, 7) is 3.08. The first-order valence-corrected chi connectivity index (χ1v) is 8.89. The summed E-state index contributed by atoms with van der Waals surface area (Å²) < 4.78 is 5.64. The van der Waals surface area contributed by atoms with Gasteiger partial charge in [-0.2, -0.15) is 0 Å². The number of hydrogen-bond donors (Lipinski definition) is 2. The molecule has 0 aliphatic carbocycles. The molecule has 0 saturated heterocycles. The Morgan fingerprint density at radius 1 is 1.17 bits per heavy atom. The van der Waals surface area contributed by atoms with Gasteiger partial charge in [0, 0.05) is 23.2 Å². The van der Waals surface area contributed by atoms with Gasteiger partial charge in [0.25, 0.3) is 0 Å². The molecule has 0 saturated carbocycles. The van der Waals surface area contributed by atoms with Crippen molar-refractivity contribution in [2.45, 2.75) is 17.6 Å². The maximum atomic E-state index is 9.01. The van der Waals surface area contributed by atoms with Gasteiger partial charge in [-0.3, -0.25) is 9.98 Å². The van der Waals surface area contributed by atoms with Crippen LogP contribution in [0, 0.1) is 5.92 Å². The van der Waals surface area contributed by atoms with Crippen LogP contribution in [0.4, 0.5) is 5.69 Å². The van der Waals surface area contributed by atoms with Gasteiger partial charge in [-0.25, -0.2) is 0 Å². The van der Waals surface area contributed by atoms with Gasteiger partial charge in [0.1, 0.15) is 23.1 Å². The number of benzene rings is 2.